The van der Waals surface area contributed by atoms with Crippen molar-refractivity contribution in [3.63, 3.8) is 0 Å². The van der Waals surface area contributed by atoms with Crippen LogP contribution in [0.3, 0.4) is 0 Å². The van der Waals surface area contributed by atoms with Crippen molar-refractivity contribution in [1.82, 2.24) is 9.97 Å². The molecule has 0 amide bonds. The minimum atomic E-state index is 0.126. The predicted molar refractivity (Wildman–Crippen MR) is 182 cm³/mol. The van der Waals surface area contributed by atoms with Gasteiger partial charge in [-0.25, -0.2) is 4.98 Å². The minimum Gasteiger partial charge on any atom is -0.338 e. The quantitative estimate of drug-likeness (QED) is 0.219. The fourth-order valence-electron chi connectivity index (χ4n) is 7.25. The first-order valence-corrected chi connectivity index (χ1v) is 14.9. The van der Waals surface area contributed by atoms with Crippen LogP contribution in [-0.2, 0) is 0 Å². The van der Waals surface area contributed by atoms with Crippen molar-refractivity contribution in [1.29, 1.82) is 0 Å². The van der Waals surface area contributed by atoms with Gasteiger partial charge in [0.2, 0.25) is 6.71 Å². The van der Waals surface area contributed by atoms with Crippen molar-refractivity contribution < 1.29 is 0 Å². The zero-order valence-electron chi connectivity index (χ0n) is 26.1. The lowest BCUT2D eigenvalue weighted by Gasteiger charge is -2.27. The van der Waals surface area contributed by atoms with Gasteiger partial charge in [-0.3, -0.25) is 0 Å². The van der Waals surface area contributed by atoms with E-state index in [1.54, 1.807) is 0 Å². The van der Waals surface area contributed by atoms with E-state index < -0.39 is 0 Å². The number of aromatic amines is 1. The molecule has 1 N–H and O–H groups in total. The van der Waals surface area contributed by atoms with Crippen molar-refractivity contribution >= 4 is 34.1 Å². The van der Waals surface area contributed by atoms with Gasteiger partial charge in [-0.05, 0) is 78.1 Å². The molecule has 3 heteroatoms. The number of rotatable bonds is 5. The van der Waals surface area contributed by atoms with E-state index in [4.69, 9.17) is 4.98 Å². The Morgan fingerprint density at radius 1 is 0.500 bits per heavy atom. The maximum absolute atomic E-state index is 5.22. The lowest BCUT2D eigenvalue weighted by atomic mass is 9.33. The molecule has 0 aliphatic heterocycles. The predicted octanol–water partition coefficient (Wildman–Crippen LogP) is 7.88. The van der Waals surface area contributed by atoms with Gasteiger partial charge in [0, 0.05) is 5.56 Å². The summed E-state index contributed by atoms with van der Waals surface area (Å²) >= 11 is 0. The van der Waals surface area contributed by atoms with Gasteiger partial charge in [0.1, 0.15) is 5.82 Å². The molecule has 0 atom stereocenters. The molecular formula is C39H39BN2. The van der Waals surface area contributed by atoms with E-state index in [9.17, 15) is 0 Å². The summed E-state index contributed by atoms with van der Waals surface area (Å²) in [6.07, 6.45) is 0. The zero-order chi connectivity index (χ0) is 29.7. The summed E-state index contributed by atoms with van der Waals surface area (Å²) in [5.74, 6) is 0.909. The SMILES string of the molecule is Cc1cc(C)c(B(c2c(C)cc(C)cc2C)c2c(C)cc3[nH]c(-c4ccc(-c5ccccc5)cc4)nc3c2C)c(C)c1. The monoisotopic (exact) mass is 546 g/mol. The highest BCUT2D eigenvalue weighted by atomic mass is 14.9. The van der Waals surface area contributed by atoms with Crippen molar-refractivity contribution in [3.05, 3.63) is 129 Å². The summed E-state index contributed by atoms with van der Waals surface area (Å²) in [5.41, 5.74) is 20.4. The average Bonchev–Trinajstić information content (AvgIpc) is 3.36. The van der Waals surface area contributed by atoms with Crippen LogP contribution in [0.25, 0.3) is 33.5 Å². The van der Waals surface area contributed by atoms with Crippen LogP contribution < -0.4 is 16.4 Å². The molecule has 0 saturated carbocycles. The largest absolute Gasteiger partial charge is 0.338 e. The maximum Gasteiger partial charge on any atom is 0.243 e. The third kappa shape index (κ3) is 4.88. The van der Waals surface area contributed by atoms with Gasteiger partial charge < -0.3 is 4.98 Å². The Balaban J connectivity index is 1.54. The fraction of sp³-hybridized carbons (Fsp3) is 0.205. The molecule has 42 heavy (non-hydrogen) atoms. The first-order valence-electron chi connectivity index (χ1n) is 14.9. The number of nitrogens with one attached hydrogen (secondary N) is 1. The normalized spacial score (nSPS) is 11.3. The van der Waals surface area contributed by atoms with Gasteiger partial charge in [-0.1, -0.05) is 134 Å². The van der Waals surface area contributed by atoms with Gasteiger partial charge in [0.05, 0.1) is 11.0 Å². The molecule has 1 aromatic heterocycles. The van der Waals surface area contributed by atoms with Crippen molar-refractivity contribution in [3.8, 4) is 22.5 Å². The van der Waals surface area contributed by atoms with E-state index in [1.807, 2.05) is 0 Å². The molecule has 208 valence electrons. The number of aromatic nitrogens is 2. The van der Waals surface area contributed by atoms with Gasteiger partial charge in [-0.15, -0.1) is 0 Å². The molecule has 0 bridgehead atoms. The van der Waals surface area contributed by atoms with Crippen molar-refractivity contribution in [2.75, 3.05) is 0 Å². The number of H-pyrrole nitrogens is 1. The molecule has 0 unspecified atom stereocenters. The number of aryl methyl sites for hydroxylation is 8. The van der Waals surface area contributed by atoms with Crippen LogP contribution in [0.2, 0.25) is 0 Å². The number of fused-ring (bicyclic) bond motifs is 1. The Labute approximate surface area is 251 Å². The van der Waals surface area contributed by atoms with Gasteiger partial charge in [0.15, 0.2) is 0 Å². The molecule has 0 spiro atoms. The van der Waals surface area contributed by atoms with Crippen LogP contribution in [-0.4, -0.2) is 16.7 Å². The Morgan fingerprint density at radius 3 is 1.48 bits per heavy atom. The minimum absolute atomic E-state index is 0.126. The summed E-state index contributed by atoms with van der Waals surface area (Å²) in [6, 6.07) is 30.9. The van der Waals surface area contributed by atoms with E-state index in [0.29, 0.717) is 0 Å². The highest BCUT2D eigenvalue weighted by Crippen LogP contribution is 2.27. The van der Waals surface area contributed by atoms with E-state index in [1.165, 1.54) is 72.0 Å². The van der Waals surface area contributed by atoms with E-state index in [-0.39, 0.29) is 6.71 Å². The number of hydrogen-bond acceptors (Lipinski definition) is 1. The molecule has 6 aromatic rings. The molecular weight excluding hydrogens is 507 g/mol. The van der Waals surface area contributed by atoms with Crippen molar-refractivity contribution in [2.45, 2.75) is 55.4 Å². The highest BCUT2D eigenvalue weighted by Gasteiger charge is 2.32. The molecule has 0 aliphatic carbocycles. The first kappa shape index (κ1) is 27.8. The molecule has 6 rings (SSSR count). The Hall–Kier alpha value is -4.37. The molecule has 5 aromatic carbocycles. The van der Waals surface area contributed by atoms with Gasteiger partial charge in [0.25, 0.3) is 0 Å². The van der Waals surface area contributed by atoms with Crippen LogP contribution in [0.4, 0.5) is 0 Å². The number of hydrogen-bond donors (Lipinski definition) is 1. The molecule has 0 fully saturated rings. The second kappa shape index (κ2) is 10.8. The Bertz CT molecular complexity index is 1840. The Morgan fingerprint density at radius 2 is 0.952 bits per heavy atom. The zero-order valence-corrected chi connectivity index (χ0v) is 26.1. The maximum atomic E-state index is 5.22. The standard InChI is InChI=1S/C39H39BN2/c1-23-18-25(3)35(26(4)19-23)40(36-27(5)20-24(2)21-28(36)6)37-29(7)22-34-38(30(37)8)42-39(41-34)33-16-14-32(15-17-33)31-12-10-9-11-13-31/h9-22H,1-8H3,(H,41,42). The van der Waals surface area contributed by atoms with Crippen LogP contribution in [0, 0.1) is 55.4 Å². The molecule has 0 saturated heterocycles. The van der Waals surface area contributed by atoms with Crippen LogP contribution >= 0.6 is 0 Å². The van der Waals surface area contributed by atoms with Gasteiger partial charge in [-0.2, -0.15) is 0 Å². The second-order valence-corrected chi connectivity index (χ2v) is 12.2. The molecule has 0 radical (unpaired) electrons. The highest BCUT2D eigenvalue weighted by molar-refractivity contribution is 6.97. The summed E-state index contributed by atoms with van der Waals surface area (Å²) < 4.78 is 0. The Kier molecular flexibility index (Phi) is 7.14. The van der Waals surface area contributed by atoms with Gasteiger partial charge >= 0.3 is 0 Å². The lowest BCUT2D eigenvalue weighted by molar-refractivity contribution is 1.33. The summed E-state index contributed by atoms with van der Waals surface area (Å²) in [4.78, 5) is 8.87. The second-order valence-electron chi connectivity index (χ2n) is 12.2. The van der Waals surface area contributed by atoms with Crippen LogP contribution in [0.5, 0.6) is 0 Å². The molecule has 0 aliphatic rings. The average molecular weight is 547 g/mol. The van der Waals surface area contributed by atoms with E-state index >= 15 is 0 Å². The van der Waals surface area contributed by atoms with E-state index in [2.05, 4.69) is 145 Å². The van der Waals surface area contributed by atoms with Crippen LogP contribution in [0.15, 0.2) is 84.9 Å². The number of benzene rings is 5. The topological polar surface area (TPSA) is 28.7 Å². The first-order chi connectivity index (χ1) is 20.1. The smallest absolute Gasteiger partial charge is 0.243 e. The number of nitrogens with zero attached hydrogens (tertiary/aromatic N) is 1. The third-order valence-electron chi connectivity index (χ3n) is 8.88. The van der Waals surface area contributed by atoms with E-state index in [0.717, 1.165) is 22.4 Å². The summed E-state index contributed by atoms with van der Waals surface area (Å²) in [7, 11) is 0. The van der Waals surface area contributed by atoms with Crippen LogP contribution in [0.1, 0.15) is 44.5 Å². The third-order valence-corrected chi connectivity index (χ3v) is 8.88. The lowest BCUT2D eigenvalue weighted by Crippen LogP contribution is -2.57. The molecule has 1 heterocycles. The van der Waals surface area contributed by atoms with Crippen molar-refractivity contribution in [2.24, 2.45) is 0 Å². The number of imidazole rings is 1. The summed E-state index contributed by atoms with van der Waals surface area (Å²) in [5, 5.41) is 0. The molecule has 2 nitrogen and oxygen atoms in total. The fourth-order valence-corrected chi connectivity index (χ4v) is 7.25. The summed E-state index contributed by atoms with van der Waals surface area (Å²) in [6.45, 7) is 18.1.